The van der Waals surface area contributed by atoms with Crippen LogP contribution in [-0.2, 0) is 12.8 Å². The summed E-state index contributed by atoms with van der Waals surface area (Å²) < 4.78 is 8.55. The molecule has 4 aliphatic rings. The van der Waals surface area contributed by atoms with E-state index >= 15 is 0 Å². The number of fused-ring (bicyclic) bond motifs is 4. The molecular formula is C30H29N7O. The lowest BCUT2D eigenvalue weighted by molar-refractivity contribution is 0.231. The first-order chi connectivity index (χ1) is 18.8. The lowest BCUT2D eigenvalue weighted by atomic mass is 9.76. The summed E-state index contributed by atoms with van der Waals surface area (Å²) in [6.07, 6.45) is 12.8. The Balaban J connectivity index is 1.06. The first-order valence-corrected chi connectivity index (χ1v) is 13.9. The highest BCUT2D eigenvalue weighted by Crippen LogP contribution is 2.46. The van der Waals surface area contributed by atoms with Crippen LogP contribution in [0.4, 0.5) is 11.6 Å². The monoisotopic (exact) mass is 503 g/mol. The molecule has 2 fully saturated rings. The van der Waals surface area contributed by atoms with Gasteiger partial charge in [-0.3, -0.25) is 9.38 Å². The number of aromatic nitrogens is 5. The van der Waals surface area contributed by atoms with Gasteiger partial charge in [-0.25, -0.2) is 15.0 Å². The van der Waals surface area contributed by atoms with Gasteiger partial charge in [0, 0.05) is 48.8 Å². The molecule has 0 N–H and O–H groups in total. The number of rotatable bonds is 2. The van der Waals surface area contributed by atoms with Crippen LogP contribution in [0.5, 0.6) is 5.75 Å². The number of pyridine rings is 3. The van der Waals surface area contributed by atoms with Crippen LogP contribution in [0.2, 0.25) is 0 Å². The second kappa shape index (κ2) is 7.56. The molecular weight excluding hydrogens is 474 g/mol. The third kappa shape index (κ3) is 2.86. The molecule has 1 atom stereocenters. The fraction of sp³-hybridized carbons (Fsp3) is 0.400. The third-order valence-corrected chi connectivity index (χ3v) is 9.54. The quantitative estimate of drug-likeness (QED) is 0.351. The molecule has 9 rings (SSSR count). The highest BCUT2D eigenvalue weighted by Gasteiger charge is 2.41. The number of hydrogen-bond donors (Lipinski definition) is 0. The van der Waals surface area contributed by atoms with Crippen LogP contribution < -0.4 is 14.5 Å². The molecule has 0 aromatic carbocycles. The fourth-order valence-electron chi connectivity index (χ4n) is 7.56. The zero-order valence-corrected chi connectivity index (χ0v) is 21.3. The van der Waals surface area contributed by atoms with Gasteiger partial charge < -0.3 is 14.5 Å². The Hall–Kier alpha value is -3.94. The summed E-state index contributed by atoms with van der Waals surface area (Å²) >= 11 is 0. The van der Waals surface area contributed by atoms with Crippen molar-refractivity contribution in [3.05, 3.63) is 60.2 Å². The molecule has 0 saturated carbocycles. The Morgan fingerprint density at radius 3 is 2.76 bits per heavy atom. The van der Waals surface area contributed by atoms with E-state index in [1.54, 1.807) is 0 Å². The molecule has 0 bridgehead atoms. The largest absolute Gasteiger partial charge is 0.487 e. The van der Waals surface area contributed by atoms with Crippen LogP contribution in [0.1, 0.15) is 36.9 Å². The first kappa shape index (κ1) is 21.0. The third-order valence-electron chi connectivity index (χ3n) is 9.54. The summed E-state index contributed by atoms with van der Waals surface area (Å²) in [5, 5.41) is 0. The molecule has 8 heterocycles. The summed E-state index contributed by atoms with van der Waals surface area (Å²) in [6.45, 7) is 3.81. The van der Waals surface area contributed by atoms with Gasteiger partial charge in [0.1, 0.15) is 23.4 Å². The number of piperidine rings is 1. The Labute approximate surface area is 220 Å². The molecule has 38 heavy (non-hydrogen) atoms. The van der Waals surface area contributed by atoms with Gasteiger partial charge in [0.05, 0.1) is 12.2 Å². The van der Waals surface area contributed by atoms with Crippen LogP contribution in [-0.4, -0.2) is 56.6 Å². The second-order valence-corrected chi connectivity index (χ2v) is 11.6. The molecule has 0 radical (unpaired) electrons. The minimum absolute atomic E-state index is 0.355. The van der Waals surface area contributed by atoms with Crippen molar-refractivity contribution in [3.8, 4) is 16.9 Å². The van der Waals surface area contributed by atoms with E-state index in [1.165, 1.54) is 36.9 Å². The number of ether oxygens (including phenoxy) is 1. The zero-order valence-electron chi connectivity index (χ0n) is 21.3. The minimum Gasteiger partial charge on any atom is -0.487 e. The normalized spacial score (nSPS) is 21.7. The molecule has 5 aromatic rings. The van der Waals surface area contributed by atoms with Gasteiger partial charge in [-0.1, -0.05) is 6.07 Å². The predicted molar refractivity (Wildman–Crippen MR) is 146 cm³/mol. The lowest BCUT2D eigenvalue weighted by Crippen LogP contribution is -2.41. The van der Waals surface area contributed by atoms with Gasteiger partial charge in [-0.05, 0) is 73.8 Å². The number of nitrogens with zero attached hydrogens (tertiary/aromatic N) is 7. The number of imidazole rings is 2. The van der Waals surface area contributed by atoms with Crippen LogP contribution in [0.15, 0.2) is 48.9 Å². The molecule has 190 valence electrons. The van der Waals surface area contributed by atoms with Crippen molar-refractivity contribution in [2.24, 2.45) is 5.41 Å². The number of anilines is 2. The average molecular weight is 504 g/mol. The van der Waals surface area contributed by atoms with Gasteiger partial charge in [0.15, 0.2) is 17.4 Å². The summed E-state index contributed by atoms with van der Waals surface area (Å²) in [7, 11) is 0. The van der Waals surface area contributed by atoms with Crippen molar-refractivity contribution >= 4 is 28.4 Å². The molecule has 5 aromatic heterocycles. The van der Waals surface area contributed by atoms with Crippen LogP contribution >= 0.6 is 0 Å². The van der Waals surface area contributed by atoms with Crippen LogP contribution in [0.3, 0.4) is 0 Å². The second-order valence-electron chi connectivity index (χ2n) is 11.6. The van der Waals surface area contributed by atoms with Gasteiger partial charge in [0.25, 0.3) is 0 Å². The standard InChI is InChI=1S/C30H29N7O/c1-3-19-15-30(16-23(19)31-10-1)8-13-35(14-9-30)28-24-17-33-27-22(5-6-25(34-28)37(24)27)21-7-11-32-29-26(21)38-18-20-4-2-12-36(20)29/h1,3,5-7,10-11,17,20H,2,4,8-9,12-16,18H2. The van der Waals surface area contributed by atoms with Crippen molar-refractivity contribution in [2.75, 3.05) is 36.0 Å². The Bertz CT molecular complexity index is 1680. The van der Waals surface area contributed by atoms with E-state index in [-0.39, 0.29) is 0 Å². The SMILES string of the molecule is c1cnc2c(c1)CC1(CCN(c3nc4ccc(-c5ccnc6c5OCC5CCCN65)c5ncc3n45)CC1)C2. The van der Waals surface area contributed by atoms with Crippen molar-refractivity contribution in [3.63, 3.8) is 0 Å². The Kier molecular flexibility index (Phi) is 4.18. The van der Waals surface area contributed by atoms with Crippen molar-refractivity contribution in [1.82, 2.24) is 24.3 Å². The fourth-order valence-corrected chi connectivity index (χ4v) is 7.56. The van der Waals surface area contributed by atoms with Crippen molar-refractivity contribution in [2.45, 2.75) is 44.6 Å². The Morgan fingerprint density at radius 1 is 0.895 bits per heavy atom. The highest BCUT2D eigenvalue weighted by molar-refractivity contribution is 5.91. The van der Waals surface area contributed by atoms with Gasteiger partial charge >= 0.3 is 0 Å². The maximum atomic E-state index is 6.33. The van der Waals surface area contributed by atoms with E-state index in [0.29, 0.717) is 11.5 Å². The Morgan fingerprint density at radius 2 is 1.84 bits per heavy atom. The van der Waals surface area contributed by atoms with Crippen LogP contribution in [0.25, 0.3) is 27.9 Å². The minimum atomic E-state index is 0.355. The van der Waals surface area contributed by atoms with Gasteiger partial charge in [0.2, 0.25) is 0 Å². The topological polar surface area (TPSA) is 71.7 Å². The summed E-state index contributed by atoms with van der Waals surface area (Å²) in [6, 6.07) is 11.1. The predicted octanol–water partition coefficient (Wildman–Crippen LogP) is 4.52. The van der Waals surface area contributed by atoms with E-state index in [4.69, 9.17) is 19.7 Å². The first-order valence-electron chi connectivity index (χ1n) is 13.9. The number of hydrogen-bond acceptors (Lipinski definition) is 7. The molecule has 1 unspecified atom stereocenters. The van der Waals surface area contributed by atoms with E-state index < -0.39 is 0 Å². The molecule has 8 heteroatoms. The van der Waals surface area contributed by atoms with E-state index in [9.17, 15) is 0 Å². The molecule has 0 amide bonds. The van der Waals surface area contributed by atoms with Crippen molar-refractivity contribution < 1.29 is 4.74 Å². The molecule has 3 aliphatic heterocycles. The maximum absolute atomic E-state index is 6.33. The van der Waals surface area contributed by atoms with Gasteiger partial charge in [-0.2, -0.15) is 0 Å². The smallest absolute Gasteiger partial charge is 0.172 e. The van der Waals surface area contributed by atoms with E-state index in [0.717, 1.165) is 84.4 Å². The maximum Gasteiger partial charge on any atom is 0.172 e. The van der Waals surface area contributed by atoms with Gasteiger partial charge in [-0.15, -0.1) is 0 Å². The molecule has 2 saturated heterocycles. The zero-order chi connectivity index (χ0) is 24.8. The summed E-state index contributed by atoms with van der Waals surface area (Å²) in [4.78, 5) is 24.3. The highest BCUT2D eigenvalue weighted by atomic mass is 16.5. The average Bonchev–Trinajstić information content (AvgIpc) is 3.74. The lowest BCUT2D eigenvalue weighted by Gasteiger charge is -2.39. The van der Waals surface area contributed by atoms with Crippen LogP contribution in [0, 0.1) is 5.41 Å². The summed E-state index contributed by atoms with van der Waals surface area (Å²) in [5.41, 5.74) is 8.21. The molecule has 8 nitrogen and oxygen atoms in total. The molecule has 1 spiro atoms. The summed E-state index contributed by atoms with van der Waals surface area (Å²) in [5.74, 6) is 2.92. The van der Waals surface area contributed by atoms with E-state index in [2.05, 4.69) is 49.5 Å². The van der Waals surface area contributed by atoms with Crippen molar-refractivity contribution in [1.29, 1.82) is 0 Å². The van der Waals surface area contributed by atoms with E-state index in [1.807, 2.05) is 18.6 Å². The molecule has 1 aliphatic carbocycles.